The number of nitrogens with one attached hydrogen (secondary N) is 1. The summed E-state index contributed by atoms with van der Waals surface area (Å²) in [6.07, 6.45) is 2.55. The zero-order valence-electron chi connectivity index (χ0n) is 9.85. The third-order valence-corrected chi connectivity index (χ3v) is 3.40. The fourth-order valence-electron chi connectivity index (χ4n) is 2.42. The molecule has 18 heavy (non-hydrogen) atoms. The van der Waals surface area contributed by atoms with Crippen LogP contribution in [0.4, 0.5) is 11.4 Å². The molecule has 1 aromatic rings. The number of carbonyl (C=O) groups excluding carboxylic acids is 1. The fourth-order valence-corrected chi connectivity index (χ4v) is 2.42. The summed E-state index contributed by atoms with van der Waals surface area (Å²) in [6, 6.07) is 5.41. The number of rotatable bonds is 2. The van der Waals surface area contributed by atoms with E-state index in [4.69, 9.17) is 0 Å². The van der Waals surface area contributed by atoms with E-state index in [9.17, 15) is 14.7 Å². The van der Waals surface area contributed by atoms with Crippen molar-refractivity contribution in [3.05, 3.63) is 23.8 Å². The van der Waals surface area contributed by atoms with Gasteiger partial charge in [0.15, 0.2) is 0 Å². The van der Waals surface area contributed by atoms with E-state index in [-0.39, 0.29) is 11.5 Å². The maximum atomic E-state index is 11.6. The lowest BCUT2D eigenvalue weighted by Gasteiger charge is -2.25. The maximum absolute atomic E-state index is 11.6. The van der Waals surface area contributed by atoms with Gasteiger partial charge in [-0.1, -0.05) is 6.07 Å². The minimum atomic E-state index is -0.950. The first-order valence-electron chi connectivity index (χ1n) is 6.09. The van der Waals surface area contributed by atoms with E-state index >= 15 is 0 Å². The second-order valence-corrected chi connectivity index (χ2v) is 4.73. The summed E-state index contributed by atoms with van der Waals surface area (Å²) in [4.78, 5) is 25.0. The molecule has 0 saturated heterocycles. The molecule has 1 heterocycles. The van der Waals surface area contributed by atoms with Gasteiger partial charge in [0, 0.05) is 19.0 Å². The van der Waals surface area contributed by atoms with E-state index in [1.54, 1.807) is 18.2 Å². The molecule has 1 aromatic carbocycles. The second kappa shape index (κ2) is 4.01. The van der Waals surface area contributed by atoms with Crippen molar-refractivity contribution in [1.29, 1.82) is 0 Å². The van der Waals surface area contributed by atoms with Crippen molar-refractivity contribution in [3.63, 3.8) is 0 Å². The van der Waals surface area contributed by atoms with Crippen LogP contribution >= 0.6 is 0 Å². The minimum absolute atomic E-state index is 0.0538. The molecule has 0 bridgehead atoms. The molecule has 1 saturated carbocycles. The van der Waals surface area contributed by atoms with Crippen LogP contribution in [-0.4, -0.2) is 29.6 Å². The van der Waals surface area contributed by atoms with Crippen LogP contribution in [0, 0.1) is 0 Å². The Morgan fingerprint density at radius 2 is 2.17 bits per heavy atom. The van der Waals surface area contributed by atoms with Gasteiger partial charge < -0.3 is 15.3 Å². The van der Waals surface area contributed by atoms with Gasteiger partial charge in [-0.05, 0) is 25.0 Å². The van der Waals surface area contributed by atoms with Crippen molar-refractivity contribution in [2.24, 2.45) is 0 Å². The highest BCUT2D eigenvalue weighted by Gasteiger charge is 2.34. The smallest absolute Gasteiger partial charge is 0.337 e. The number of benzene rings is 1. The van der Waals surface area contributed by atoms with Crippen LogP contribution in [0.3, 0.4) is 0 Å². The molecule has 0 aromatic heterocycles. The van der Waals surface area contributed by atoms with E-state index in [0.29, 0.717) is 30.4 Å². The largest absolute Gasteiger partial charge is 0.478 e. The number of hydrogen-bond donors (Lipinski definition) is 2. The Hall–Kier alpha value is -2.04. The molecule has 5 nitrogen and oxygen atoms in total. The highest BCUT2D eigenvalue weighted by molar-refractivity contribution is 6.03. The van der Waals surface area contributed by atoms with Gasteiger partial charge in [-0.3, -0.25) is 4.79 Å². The van der Waals surface area contributed by atoms with E-state index < -0.39 is 5.97 Å². The van der Waals surface area contributed by atoms with Crippen LogP contribution in [0.2, 0.25) is 0 Å². The highest BCUT2D eigenvalue weighted by Crippen LogP contribution is 2.39. The van der Waals surface area contributed by atoms with Crippen molar-refractivity contribution in [3.8, 4) is 0 Å². The van der Waals surface area contributed by atoms with Crippen LogP contribution in [0.15, 0.2) is 18.2 Å². The van der Waals surface area contributed by atoms with Crippen molar-refractivity contribution in [1.82, 2.24) is 0 Å². The Labute approximate surface area is 104 Å². The van der Waals surface area contributed by atoms with E-state index in [2.05, 4.69) is 10.2 Å². The molecule has 1 amide bonds. The van der Waals surface area contributed by atoms with Crippen molar-refractivity contribution >= 4 is 23.3 Å². The van der Waals surface area contributed by atoms with Crippen LogP contribution in [0.25, 0.3) is 0 Å². The normalized spacial score (nSPS) is 18.9. The van der Waals surface area contributed by atoms with Crippen molar-refractivity contribution in [2.75, 3.05) is 16.8 Å². The van der Waals surface area contributed by atoms with Crippen molar-refractivity contribution < 1.29 is 14.7 Å². The summed E-state index contributed by atoms with van der Waals surface area (Å²) in [6.45, 7) is 0.591. The summed E-state index contributed by atoms with van der Waals surface area (Å²) in [5.41, 5.74) is 1.55. The molecule has 3 rings (SSSR count). The lowest BCUT2D eigenvalue weighted by Crippen LogP contribution is -2.28. The summed E-state index contributed by atoms with van der Waals surface area (Å²) < 4.78 is 0. The number of aromatic carboxylic acids is 1. The third kappa shape index (κ3) is 1.81. The molecule has 0 radical (unpaired) electrons. The zero-order valence-corrected chi connectivity index (χ0v) is 9.85. The number of para-hydroxylation sites is 1. The number of nitrogens with zero attached hydrogens (tertiary/aromatic N) is 1. The topological polar surface area (TPSA) is 69.6 Å². The van der Waals surface area contributed by atoms with Gasteiger partial charge in [0.2, 0.25) is 5.91 Å². The van der Waals surface area contributed by atoms with Crippen LogP contribution in [0.1, 0.15) is 29.6 Å². The van der Waals surface area contributed by atoms with E-state index in [0.717, 1.165) is 12.8 Å². The maximum Gasteiger partial charge on any atom is 0.337 e. The van der Waals surface area contributed by atoms with Gasteiger partial charge in [0.1, 0.15) is 0 Å². The third-order valence-electron chi connectivity index (χ3n) is 3.40. The summed E-state index contributed by atoms with van der Waals surface area (Å²) in [5, 5.41) is 12.1. The van der Waals surface area contributed by atoms with Gasteiger partial charge >= 0.3 is 5.97 Å². The molecule has 1 fully saturated rings. The Kier molecular flexibility index (Phi) is 2.47. The number of anilines is 2. The molecule has 5 heteroatoms. The monoisotopic (exact) mass is 246 g/mol. The molecular formula is C13H14N2O3. The predicted octanol–water partition coefficient (Wildman–Crippen LogP) is 1.70. The molecule has 2 aliphatic rings. The summed E-state index contributed by atoms with van der Waals surface area (Å²) in [5.74, 6) is -1.00. The van der Waals surface area contributed by atoms with Gasteiger partial charge in [-0.25, -0.2) is 4.79 Å². The molecule has 0 unspecified atom stereocenters. The Morgan fingerprint density at radius 1 is 1.39 bits per heavy atom. The van der Waals surface area contributed by atoms with Gasteiger partial charge in [-0.2, -0.15) is 0 Å². The summed E-state index contributed by atoms with van der Waals surface area (Å²) >= 11 is 0. The van der Waals surface area contributed by atoms with Crippen LogP contribution in [-0.2, 0) is 4.79 Å². The average Bonchev–Trinajstić information content (AvgIpc) is 3.13. The van der Waals surface area contributed by atoms with Gasteiger partial charge in [-0.15, -0.1) is 0 Å². The molecule has 0 spiro atoms. The predicted molar refractivity (Wildman–Crippen MR) is 67.0 cm³/mol. The first-order chi connectivity index (χ1) is 8.66. The molecule has 0 atom stereocenters. The quantitative estimate of drug-likeness (QED) is 0.833. The second-order valence-electron chi connectivity index (χ2n) is 4.73. The van der Waals surface area contributed by atoms with Crippen LogP contribution in [0.5, 0.6) is 0 Å². The lowest BCUT2D eigenvalue weighted by atomic mass is 10.1. The number of carboxylic acids is 1. The highest BCUT2D eigenvalue weighted by atomic mass is 16.4. The standard InChI is InChI=1S/C13H14N2O3/c16-11-6-7-15(8-4-5-8)12-9(13(17)18)2-1-3-10(12)14-11/h1-3,8H,4-7H2,(H,14,16)(H,17,18). The van der Waals surface area contributed by atoms with E-state index in [1.807, 2.05) is 0 Å². The molecular weight excluding hydrogens is 232 g/mol. The number of carbonyl (C=O) groups is 2. The average molecular weight is 246 g/mol. The minimum Gasteiger partial charge on any atom is -0.478 e. The number of fused-ring (bicyclic) bond motifs is 1. The Balaban J connectivity index is 2.14. The molecule has 2 N–H and O–H groups in total. The molecule has 1 aliphatic carbocycles. The first kappa shape index (κ1) is 11.1. The number of amides is 1. The molecule has 94 valence electrons. The van der Waals surface area contributed by atoms with Crippen molar-refractivity contribution in [2.45, 2.75) is 25.3 Å². The fraction of sp³-hybridized carbons (Fsp3) is 0.385. The number of carboxylic acid groups (broad SMARTS) is 1. The van der Waals surface area contributed by atoms with Gasteiger partial charge in [0.25, 0.3) is 0 Å². The first-order valence-corrected chi connectivity index (χ1v) is 6.09. The SMILES string of the molecule is O=C1CCN(C2CC2)c2c(cccc2C(=O)O)N1. The summed E-state index contributed by atoms with van der Waals surface area (Å²) in [7, 11) is 0. The van der Waals surface area contributed by atoms with Gasteiger partial charge in [0.05, 0.1) is 16.9 Å². The van der Waals surface area contributed by atoms with E-state index in [1.165, 1.54) is 0 Å². The number of hydrogen-bond acceptors (Lipinski definition) is 3. The Morgan fingerprint density at radius 3 is 2.83 bits per heavy atom. The Bertz CT molecular complexity index is 523. The van der Waals surface area contributed by atoms with Crippen LogP contribution < -0.4 is 10.2 Å². The molecule has 1 aliphatic heterocycles. The zero-order chi connectivity index (χ0) is 12.7. The lowest BCUT2D eigenvalue weighted by molar-refractivity contribution is -0.115.